The van der Waals surface area contributed by atoms with Crippen molar-refractivity contribution in [2.75, 3.05) is 33.0 Å². The summed E-state index contributed by atoms with van der Waals surface area (Å²) in [4.78, 5) is 0. The van der Waals surface area contributed by atoms with Gasteiger partial charge in [0.25, 0.3) is 0 Å². The molecule has 1 N–H and O–H groups in total. The summed E-state index contributed by atoms with van der Waals surface area (Å²) >= 11 is 0. The Labute approximate surface area is 123 Å². The van der Waals surface area contributed by atoms with Crippen molar-refractivity contribution in [3.8, 4) is 0 Å². The van der Waals surface area contributed by atoms with Gasteiger partial charge in [-0.1, -0.05) is 13.8 Å². The molecule has 0 saturated carbocycles. The van der Waals surface area contributed by atoms with Crippen LogP contribution >= 0.6 is 0 Å². The average Bonchev–Trinajstić information content (AvgIpc) is 2.96. The van der Waals surface area contributed by atoms with Gasteiger partial charge in [0, 0.05) is 25.9 Å². The molecule has 20 heavy (non-hydrogen) atoms. The molecule has 3 atom stereocenters. The molecule has 0 aromatic rings. The third-order valence-corrected chi connectivity index (χ3v) is 4.28. The summed E-state index contributed by atoms with van der Waals surface area (Å²) < 4.78 is 17.0. The van der Waals surface area contributed by atoms with E-state index in [0.717, 1.165) is 58.7 Å². The predicted octanol–water partition coefficient (Wildman–Crippen LogP) is 2.37. The lowest BCUT2D eigenvalue weighted by atomic mass is 9.95. The Balaban J connectivity index is 1.46. The van der Waals surface area contributed by atoms with Gasteiger partial charge in [0.1, 0.15) is 0 Å². The molecule has 0 aromatic carbocycles. The summed E-state index contributed by atoms with van der Waals surface area (Å²) in [6.45, 7) is 8.95. The van der Waals surface area contributed by atoms with E-state index in [1.807, 2.05) is 0 Å². The first-order valence-electron chi connectivity index (χ1n) is 8.30. The maximum atomic E-state index is 5.79. The van der Waals surface area contributed by atoms with Gasteiger partial charge in [-0.15, -0.1) is 0 Å². The van der Waals surface area contributed by atoms with Gasteiger partial charge in [-0.25, -0.2) is 0 Å². The Morgan fingerprint density at radius 2 is 2.10 bits per heavy atom. The Morgan fingerprint density at radius 1 is 1.20 bits per heavy atom. The van der Waals surface area contributed by atoms with Crippen LogP contribution in [0.25, 0.3) is 0 Å². The third kappa shape index (κ3) is 5.68. The fraction of sp³-hybridized carbons (Fsp3) is 1.00. The normalized spacial score (nSPS) is 31.1. The second-order valence-corrected chi connectivity index (χ2v) is 6.39. The van der Waals surface area contributed by atoms with Crippen molar-refractivity contribution in [3.05, 3.63) is 0 Å². The van der Waals surface area contributed by atoms with Crippen molar-refractivity contribution >= 4 is 0 Å². The molecule has 0 aromatic heterocycles. The standard InChI is InChI=1S/C16H31NO3/c1-13(2)16-11-14(6-10-20-16)17-7-4-8-18-12-15-5-3-9-19-15/h13-17H,3-12H2,1-2H3. The molecule has 2 saturated heterocycles. The van der Waals surface area contributed by atoms with Crippen LogP contribution in [-0.4, -0.2) is 51.2 Å². The minimum absolute atomic E-state index is 0.352. The molecule has 0 radical (unpaired) electrons. The van der Waals surface area contributed by atoms with Crippen molar-refractivity contribution in [1.82, 2.24) is 5.32 Å². The second kappa shape index (κ2) is 8.98. The average molecular weight is 285 g/mol. The smallest absolute Gasteiger partial charge is 0.0809 e. The summed E-state index contributed by atoms with van der Waals surface area (Å²) in [6, 6.07) is 0.620. The Hall–Kier alpha value is -0.160. The summed E-state index contributed by atoms with van der Waals surface area (Å²) in [6.07, 6.45) is 6.50. The monoisotopic (exact) mass is 285 g/mol. The van der Waals surface area contributed by atoms with Gasteiger partial charge < -0.3 is 19.5 Å². The van der Waals surface area contributed by atoms with Crippen LogP contribution in [0.15, 0.2) is 0 Å². The van der Waals surface area contributed by atoms with Gasteiger partial charge in [-0.05, 0) is 44.6 Å². The highest BCUT2D eigenvalue weighted by molar-refractivity contribution is 4.78. The summed E-state index contributed by atoms with van der Waals surface area (Å²) in [7, 11) is 0. The number of rotatable bonds is 8. The van der Waals surface area contributed by atoms with Crippen LogP contribution in [0.3, 0.4) is 0 Å². The van der Waals surface area contributed by atoms with Crippen molar-refractivity contribution in [2.45, 2.75) is 64.2 Å². The molecule has 2 aliphatic rings. The van der Waals surface area contributed by atoms with Gasteiger partial charge in [0.2, 0.25) is 0 Å². The molecular formula is C16H31NO3. The maximum absolute atomic E-state index is 5.79. The highest BCUT2D eigenvalue weighted by Crippen LogP contribution is 2.20. The molecule has 0 bridgehead atoms. The fourth-order valence-electron chi connectivity index (χ4n) is 2.95. The zero-order valence-electron chi connectivity index (χ0n) is 13.1. The van der Waals surface area contributed by atoms with E-state index in [-0.39, 0.29) is 0 Å². The number of ether oxygens (including phenoxy) is 3. The molecule has 0 aliphatic carbocycles. The molecule has 4 nitrogen and oxygen atoms in total. The lowest BCUT2D eigenvalue weighted by molar-refractivity contribution is -0.0248. The quantitative estimate of drug-likeness (QED) is 0.695. The topological polar surface area (TPSA) is 39.7 Å². The summed E-state index contributed by atoms with van der Waals surface area (Å²) in [5, 5.41) is 3.64. The van der Waals surface area contributed by atoms with E-state index in [1.54, 1.807) is 0 Å². The first-order valence-corrected chi connectivity index (χ1v) is 8.30. The van der Waals surface area contributed by atoms with E-state index in [1.165, 1.54) is 6.42 Å². The Morgan fingerprint density at radius 3 is 2.85 bits per heavy atom. The van der Waals surface area contributed by atoms with Gasteiger partial charge in [0.15, 0.2) is 0 Å². The third-order valence-electron chi connectivity index (χ3n) is 4.28. The maximum Gasteiger partial charge on any atom is 0.0809 e. The molecule has 2 rings (SSSR count). The molecule has 2 fully saturated rings. The molecule has 2 heterocycles. The minimum atomic E-state index is 0.352. The minimum Gasteiger partial charge on any atom is -0.379 e. The van der Waals surface area contributed by atoms with Gasteiger partial charge in [-0.3, -0.25) is 0 Å². The first-order chi connectivity index (χ1) is 9.75. The highest BCUT2D eigenvalue weighted by atomic mass is 16.5. The summed E-state index contributed by atoms with van der Waals surface area (Å²) in [5.41, 5.74) is 0. The van der Waals surface area contributed by atoms with Crippen molar-refractivity contribution in [2.24, 2.45) is 5.92 Å². The van der Waals surface area contributed by atoms with Crippen LogP contribution in [0.4, 0.5) is 0 Å². The van der Waals surface area contributed by atoms with Crippen LogP contribution in [-0.2, 0) is 14.2 Å². The fourth-order valence-corrected chi connectivity index (χ4v) is 2.95. The predicted molar refractivity (Wildman–Crippen MR) is 80.0 cm³/mol. The van der Waals surface area contributed by atoms with E-state index in [0.29, 0.717) is 24.2 Å². The lowest BCUT2D eigenvalue weighted by Crippen LogP contribution is -2.41. The molecule has 2 aliphatic heterocycles. The molecule has 0 amide bonds. The van der Waals surface area contributed by atoms with E-state index < -0.39 is 0 Å². The lowest BCUT2D eigenvalue weighted by Gasteiger charge is -2.32. The molecule has 0 spiro atoms. The van der Waals surface area contributed by atoms with Crippen LogP contribution < -0.4 is 5.32 Å². The van der Waals surface area contributed by atoms with Crippen molar-refractivity contribution in [3.63, 3.8) is 0 Å². The van der Waals surface area contributed by atoms with E-state index >= 15 is 0 Å². The highest BCUT2D eigenvalue weighted by Gasteiger charge is 2.24. The van der Waals surface area contributed by atoms with Crippen LogP contribution in [0.2, 0.25) is 0 Å². The first kappa shape index (κ1) is 16.2. The van der Waals surface area contributed by atoms with Crippen molar-refractivity contribution in [1.29, 1.82) is 0 Å². The zero-order chi connectivity index (χ0) is 14.2. The second-order valence-electron chi connectivity index (χ2n) is 6.39. The molecular weight excluding hydrogens is 254 g/mol. The molecule has 4 heteroatoms. The molecule has 118 valence electrons. The Kier molecular flexibility index (Phi) is 7.28. The zero-order valence-corrected chi connectivity index (χ0v) is 13.1. The van der Waals surface area contributed by atoms with E-state index in [9.17, 15) is 0 Å². The Bertz CT molecular complexity index is 254. The van der Waals surface area contributed by atoms with Gasteiger partial charge in [0.05, 0.1) is 18.8 Å². The van der Waals surface area contributed by atoms with Crippen molar-refractivity contribution < 1.29 is 14.2 Å². The van der Waals surface area contributed by atoms with Gasteiger partial charge in [-0.2, -0.15) is 0 Å². The number of hydrogen-bond donors (Lipinski definition) is 1. The number of nitrogens with one attached hydrogen (secondary N) is 1. The van der Waals surface area contributed by atoms with Crippen LogP contribution in [0.1, 0.15) is 46.0 Å². The van der Waals surface area contributed by atoms with Crippen LogP contribution in [0, 0.1) is 5.92 Å². The summed E-state index contributed by atoms with van der Waals surface area (Å²) in [5.74, 6) is 0.620. The van der Waals surface area contributed by atoms with E-state index in [4.69, 9.17) is 14.2 Å². The van der Waals surface area contributed by atoms with E-state index in [2.05, 4.69) is 19.2 Å². The largest absolute Gasteiger partial charge is 0.379 e. The van der Waals surface area contributed by atoms with Crippen LogP contribution in [0.5, 0.6) is 0 Å². The SMILES string of the molecule is CC(C)C1CC(NCCCOCC2CCCO2)CCO1. The number of hydrogen-bond acceptors (Lipinski definition) is 4. The molecule has 3 unspecified atom stereocenters. The van der Waals surface area contributed by atoms with Gasteiger partial charge >= 0.3 is 0 Å².